The first-order valence-electron chi connectivity index (χ1n) is 7.76. The second kappa shape index (κ2) is 4.96. The fourth-order valence-corrected chi connectivity index (χ4v) is 2.81. The number of allylic oxidation sites excluding steroid dienone is 1. The second-order valence-electron chi connectivity index (χ2n) is 7.30. The van der Waals surface area contributed by atoms with Crippen molar-refractivity contribution in [3.8, 4) is 5.75 Å². The Morgan fingerprint density at radius 1 is 1.35 bits per heavy atom. The van der Waals surface area contributed by atoms with Crippen LogP contribution in [0.1, 0.15) is 38.8 Å². The number of benzene rings is 1. The molecule has 2 heterocycles. The highest BCUT2D eigenvalue weighted by atomic mass is 16.5. The number of rotatable bonds is 2. The molecule has 0 radical (unpaired) electrons. The molecule has 4 heteroatoms. The van der Waals surface area contributed by atoms with Crippen LogP contribution in [0.4, 0.5) is 0 Å². The van der Waals surface area contributed by atoms with Gasteiger partial charge in [0.2, 0.25) is 0 Å². The Morgan fingerprint density at radius 3 is 2.70 bits per heavy atom. The van der Waals surface area contributed by atoms with Crippen LogP contribution < -0.4 is 10.4 Å². The van der Waals surface area contributed by atoms with Crippen LogP contribution in [-0.2, 0) is 11.8 Å². The molecule has 1 aliphatic heterocycles. The maximum Gasteiger partial charge on any atom is 0.340 e. The maximum absolute atomic E-state index is 12.3. The summed E-state index contributed by atoms with van der Waals surface area (Å²) < 4.78 is 11.4. The highest BCUT2D eigenvalue weighted by Crippen LogP contribution is 2.36. The molecule has 4 nitrogen and oxygen atoms in total. The van der Waals surface area contributed by atoms with Crippen LogP contribution in [0.15, 0.2) is 40.1 Å². The van der Waals surface area contributed by atoms with E-state index in [1.54, 1.807) is 12.1 Å². The van der Waals surface area contributed by atoms with Gasteiger partial charge in [0, 0.05) is 28.9 Å². The molecule has 1 aromatic carbocycles. The predicted octanol–water partition coefficient (Wildman–Crippen LogP) is 3.33. The second-order valence-corrected chi connectivity index (χ2v) is 7.30. The molecule has 1 aromatic heterocycles. The summed E-state index contributed by atoms with van der Waals surface area (Å²) >= 11 is 0. The van der Waals surface area contributed by atoms with E-state index in [4.69, 9.17) is 9.15 Å². The highest BCUT2D eigenvalue weighted by molar-refractivity contribution is 5.80. The Hall–Kier alpha value is -2.07. The van der Waals surface area contributed by atoms with Crippen molar-refractivity contribution in [1.82, 2.24) is 0 Å². The zero-order valence-corrected chi connectivity index (χ0v) is 14.0. The molecule has 0 bridgehead atoms. The Morgan fingerprint density at radius 2 is 2.04 bits per heavy atom. The summed E-state index contributed by atoms with van der Waals surface area (Å²) in [6, 6.07) is 5.51. The summed E-state index contributed by atoms with van der Waals surface area (Å²) in [6.45, 7) is 11.3. The standard InChI is InChI=1S/C19H22O4/c1-6-18(2,3)13-8-11-7-12-9-16(20)19(4,5)23-15(12)10-14(11)22-17(13)21/h6-8,10,16,20H,1,9H2,2-5H3/t16-/m0/s1. The summed E-state index contributed by atoms with van der Waals surface area (Å²) in [5.41, 5.74) is 0.481. The molecule has 1 atom stereocenters. The minimum atomic E-state index is -0.661. The summed E-state index contributed by atoms with van der Waals surface area (Å²) in [7, 11) is 0. The predicted molar refractivity (Wildman–Crippen MR) is 90.1 cm³/mol. The number of hydrogen-bond donors (Lipinski definition) is 1. The normalized spacial score (nSPS) is 20.0. The number of hydrogen-bond acceptors (Lipinski definition) is 4. The van der Waals surface area contributed by atoms with Crippen LogP contribution in [-0.4, -0.2) is 16.8 Å². The third-order valence-corrected chi connectivity index (χ3v) is 4.71. The monoisotopic (exact) mass is 314 g/mol. The van der Waals surface area contributed by atoms with Crippen LogP contribution in [0.25, 0.3) is 11.0 Å². The average Bonchev–Trinajstić information content (AvgIpc) is 2.46. The number of aliphatic hydroxyl groups excluding tert-OH is 1. The molecule has 0 fully saturated rings. The van der Waals surface area contributed by atoms with Crippen molar-refractivity contribution in [3.63, 3.8) is 0 Å². The van der Waals surface area contributed by atoms with Gasteiger partial charge in [-0.1, -0.05) is 19.9 Å². The first-order valence-corrected chi connectivity index (χ1v) is 7.76. The Balaban J connectivity index is 2.20. The molecule has 122 valence electrons. The van der Waals surface area contributed by atoms with Gasteiger partial charge in [0.25, 0.3) is 0 Å². The van der Waals surface area contributed by atoms with Crippen molar-refractivity contribution in [2.75, 3.05) is 0 Å². The molecule has 0 spiro atoms. The SMILES string of the molecule is C=CC(C)(C)c1cc2cc3c(cc2oc1=O)OC(C)(C)[C@@H](O)C3. The number of aliphatic hydroxyl groups is 1. The van der Waals surface area contributed by atoms with E-state index < -0.39 is 17.1 Å². The molecule has 0 amide bonds. The average molecular weight is 314 g/mol. The molecule has 0 unspecified atom stereocenters. The minimum Gasteiger partial charge on any atom is -0.485 e. The minimum absolute atomic E-state index is 0.363. The van der Waals surface area contributed by atoms with E-state index >= 15 is 0 Å². The zero-order chi connectivity index (χ0) is 17.0. The molecule has 23 heavy (non-hydrogen) atoms. The van der Waals surface area contributed by atoms with E-state index in [1.807, 2.05) is 39.8 Å². The van der Waals surface area contributed by atoms with Gasteiger partial charge in [0.15, 0.2) is 0 Å². The molecule has 0 saturated heterocycles. The van der Waals surface area contributed by atoms with Crippen LogP contribution >= 0.6 is 0 Å². The summed E-state index contributed by atoms with van der Waals surface area (Å²) in [5.74, 6) is 0.659. The smallest absolute Gasteiger partial charge is 0.340 e. The largest absolute Gasteiger partial charge is 0.485 e. The lowest BCUT2D eigenvalue weighted by molar-refractivity contribution is -0.0410. The van der Waals surface area contributed by atoms with Crippen LogP contribution in [0, 0.1) is 0 Å². The number of fused-ring (bicyclic) bond motifs is 2. The maximum atomic E-state index is 12.3. The summed E-state index contributed by atoms with van der Waals surface area (Å²) in [4.78, 5) is 12.3. The van der Waals surface area contributed by atoms with E-state index in [0.29, 0.717) is 23.3 Å². The Labute approximate surface area is 135 Å². The summed E-state index contributed by atoms with van der Waals surface area (Å²) in [6.07, 6.45) is 1.67. The van der Waals surface area contributed by atoms with Crippen molar-refractivity contribution in [3.05, 3.63) is 52.4 Å². The summed E-state index contributed by atoms with van der Waals surface area (Å²) in [5, 5.41) is 11.0. The molecule has 1 aliphatic rings. The van der Waals surface area contributed by atoms with Gasteiger partial charge in [-0.2, -0.15) is 0 Å². The topological polar surface area (TPSA) is 59.7 Å². The highest BCUT2D eigenvalue weighted by Gasteiger charge is 2.36. The van der Waals surface area contributed by atoms with Crippen LogP contribution in [0.3, 0.4) is 0 Å². The quantitative estimate of drug-likeness (QED) is 0.682. The van der Waals surface area contributed by atoms with Crippen molar-refractivity contribution in [2.45, 2.75) is 51.2 Å². The van der Waals surface area contributed by atoms with E-state index in [1.165, 1.54) is 0 Å². The van der Waals surface area contributed by atoms with Gasteiger partial charge in [-0.25, -0.2) is 4.79 Å². The van der Waals surface area contributed by atoms with Crippen molar-refractivity contribution in [1.29, 1.82) is 0 Å². The van der Waals surface area contributed by atoms with Crippen LogP contribution in [0.2, 0.25) is 0 Å². The number of ether oxygens (including phenoxy) is 1. The van der Waals surface area contributed by atoms with Gasteiger partial charge < -0.3 is 14.3 Å². The lowest BCUT2D eigenvalue weighted by Crippen LogP contribution is -2.46. The van der Waals surface area contributed by atoms with Crippen molar-refractivity contribution in [2.24, 2.45) is 0 Å². The van der Waals surface area contributed by atoms with Crippen LogP contribution in [0.5, 0.6) is 5.75 Å². The molecule has 2 aromatic rings. The van der Waals surface area contributed by atoms with Gasteiger partial charge in [-0.05, 0) is 31.5 Å². The molecule has 0 aliphatic carbocycles. The lowest BCUT2D eigenvalue weighted by atomic mass is 9.85. The van der Waals surface area contributed by atoms with Gasteiger partial charge >= 0.3 is 5.63 Å². The van der Waals surface area contributed by atoms with Gasteiger partial charge in [0.05, 0.1) is 6.10 Å². The van der Waals surface area contributed by atoms with E-state index in [-0.39, 0.29) is 5.63 Å². The first kappa shape index (κ1) is 15.8. The fraction of sp³-hybridized carbons (Fsp3) is 0.421. The molecular formula is C19H22O4. The lowest BCUT2D eigenvalue weighted by Gasteiger charge is -2.37. The Kier molecular flexibility index (Phi) is 3.41. The van der Waals surface area contributed by atoms with E-state index in [9.17, 15) is 9.90 Å². The van der Waals surface area contributed by atoms with E-state index in [2.05, 4.69) is 6.58 Å². The molecular weight excluding hydrogens is 292 g/mol. The van der Waals surface area contributed by atoms with Crippen molar-refractivity contribution < 1.29 is 14.3 Å². The Bertz CT molecular complexity index is 842. The third kappa shape index (κ3) is 2.57. The molecule has 3 rings (SSSR count). The third-order valence-electron chi connectivity index (χ3n) is 4.71. The van der Waals surface area contributed by atoms with Crippen molar-refractivity contribution >= 4 is 11.0 Å². The van der Waals surface area contributed by atoms with Gasteiger partial charge in [-0.15, -0.1) is 6.58 Å². The fourth-order valence-electron chi connectivity index (χ4n) is 2.81. The first-order chi connectivity index (χ1) is 10.6. The molecule has 0 saturated carbocycles. The molecule has 1 N–H and O–H groups in total. The van der Waals surface area contributed by atoms with Gasteiger partial charge in [-0.3, -0.25) is 0 Å². The van der Waals surface area contributed by atoms with E-state index in [0.717, 1.165) is 10.9 Å². The zero-order valence-electron chi connectivity index (χ0n) is 14.0. The van der Waals surface area contributed by atoms with Gasteiger partial charge in [0.1, 0.15) is 16.9 Å².